The molecule has 0 aromatic heterocycles. The Hall–Kier alpha value is -2.67. The molecule has 0 aliphatic carbocycles. The number of nitrogens with one attached hydrogen (secondary N) is 2. The highest BCUT2D eigenvalue weighted by molar-refractivity contribution is 7.79. The number of para-hydroxylation sites is 1. The summed E-state index contributed by atoms with van der Waals surface area (Å²) in [6.07, 6.45) is 0. The van der Waals surface area contributed by atoms with Gasteiger partial charge in [0.05, 0.1) is 12.5 Å². The van der Waals surface area contributed by atoms with Crippen LogP contribution in [-0.4, -0.2) is 24.6 Å². The lowest BCUT2D eigenvalue weighted by Gasteiger charge is -2.07. The summed E-state index contributed by atoms with van der Waals surface area (Å²) < 4.78 is 39.2. The molecule has 0 aliphatic heterocycles. The normalized spacial score (nSPS) is 9.32. The van der Waals surface area contributed by atoms with Gasteiger partial charge < -0.3 is 19.2 Å². The second kappa shape index (κ2) is 10.1. The summed E-state index contributed by atoms with van der Waals surface area (Å²) in [5, 5.41) is 14.3. The Morgan fingerprint density at radius 1 is 1.00 bits per heavy atom. The van der Waals surface area contributed by atoms with Gasteiger partial charge in [0.1, 0.15) is 5.75 Å². The van der Waals surface area contributed by atoms with Gasteiger partial charge in [0.15, 0.2) is 0 Å². The second-order valence-corrected chi connectivity index (χ2v) is 4.45. The molecule has 8 nitrogen and oxygen atoms in total. The number of nitrogens with zero attached hydrogens (tertiary/aromatic N) is 1. The minimum absolute atomic E-state index is 0.857. The topological polar surface area (TPSA) is 149 Å². The van der Waals surface area contributed by atoms with E-state index in [9.17, 15) is 0 Å². The third-order valence-corrected chi connectivity index (χ3v) is 2.13. The van der Waals surface area contributed by atoms with Gasteiger partial charge in [-0.05, 0) is 24.3 Å². The molecule has 0 aliphatic rings. The maximum atomic E-state index is 8.52. The standard InChI is InChI=1S/C13H13NO.N2.H2O4S/c1-15-13-9-5-8-12(10-13)14-11-6-3-2-4-7-11;1-2;1-5(2,3)4/h2-10,14H,1H3;;(H2,1,2,3,4)/p-1. The van der Waals surface area contributed by atoms with Crippen molar-refractivity contribution in [2.24, 2.45) is 0 Å². The lowest BCUT2D eigenvalue weighted by Crippen LogP contribution is -2.11. The Bertz CT molecular complexity index is 666. The van der Waals surface area contributed by atoms with Crippen LogP contribution in [0.3, 0.4) is 0 Å². The van der Waals surface area contributed by atoms with Crippen LogP contribution in [0.2, 0.25) is 0 Å². The van der Waals surface area contributed by atoms with Crippen LogP contribution in [-0.2, 0) is 10.4 Å². The first-order valence-electron chi connectivity index (χ1n) is 5.73. The van der Waals surface area contributed by atoms with Gasteiger partial charge in [-0.15, -0.1) is 0 Å². The summed E-state index contributed by atoms with van der Waals surface area (Å²) in [5.74, 6) is 0.857. The van der Waals surface area contributed by atoms with Gasteiger partial charge in [-0.1, -0.05) is 24.3 Å². The largest absolute Gasteiger partial charge is 0.759 e. The van der Waals surface area contributed by atoms with Crippen LogP contribution in [0.25, 0.3) is 0 Å². The number of ether oxygens (including phenoxy) is 1. The molecule has 118 valence electrons. The predicted molar refractivity (Wildman–Crippen MR) is 75.9 cm³/mol. The highest BCUT2D eigenvalue weighted by Gasteiger charge is 1.95. The fourth-order valence-corrected chi connectivity index (χ4v) is 1.39. The minimum Gasteiger partial charge on any atom is -0.759 e. The number of hydrogen-bond acceptors (Lipinski definition) is 7. The van der Waals surface area contributed by atoms with E-state index >= 15 is 0 Å². The van der Waals surface area contributed by atoms with E-state index in [1.54, 1.807) is 7.11 Å². The average Bonchev–Trinajstić information content (AvgIpc) is 2.49. The van der Waals surface area contributed by atoms with Crippen molar-refractivity contribution in [1.29, 1.82) is 5.39 Å². The molecule has 22 heavy (non-hydrogen) atoms. The first-order chi connectivity index (χ1) is 10.4. The maximum absolute atomic E-state index is 8.52. The average molecular weight is 324 g/mol. The molecular weight excluding hydrogens is 310 g/mol. The zero-order valence-corrected chi connectivity index (χ0v) is 12.4. The Kier molecular flexibility index (Phi) is 8.89. The van der Waals surface area contributed by atoms with E-state index in [0.717, 1.165) is 17.1 Å². The van der Waals surface area contributed by atoms with Crippen molar-refractivity contribution in [2.75, 3.05) is 12.4 Å². The van der Waals surface area contributed by atoms with E-state index in [0.29, 0.717) is 0 Å². The smallest absolute Gasteiger partial charge is 0.212 e. The molecule has 0 spiro atoms. The Balaban J connectivity index is 0.000000540. The first kappa shape index (κ1) is 19.3. The van der Waals surface area contributed by atoms with Gasteiger partial charge in [0.25, 0.3) is 0 Å². The lowest BCUT2D eigenvalue weighted by atomic mass is 10.2. The molecule has 2 N–H and O–H groups in total. The number of rotatable bonds is 3. The monoisotopic (exact) mass is 324 g/mol. The van der Waals surface area contributed by atoms with Gasteiger partial charge in [-0.3, -0.25) is 8.42 Å². The lowest BCUT2D eigenvalue weighted by molar-refractivity contribution is -0.175. The molecule has 0 heterocycles. The van der Waals surface area contributed by atoms with Crippen molar-refractivity contribution in [1.82, 2.24) is 0 Å². The van der Waals surface area contributed by atoms with Crippen molar-refractivity contribution in [3.63, 3.8) is 0 Å². The summed E-state index contributed by atoms with van der Waals surface area (Å²) in [6.45, 7) is 0. The fraction of sp³-hybridized carbons (Fsp3) is 0.0769. The molecule has 0 amide bonds. The van der Waals surface area contributed by atoms with E-state index in [-0.39, 0.29) is 0 Å². The van der Waals surface area contributed by atoms with Crippen LogP contribution in [0.1, 0.15) is 0 Å². The van der Waals surface area contributed by atoms with Crippen LogP contribution in [0, 0.1) is 5.39 Å². The molecule has 0 saturated carbocycles. The van der Waals surface area contributed by atoms with E-state index in [4.69, 9.17) is 33.0 Å². The number of methoxy groups -OCH3 is 1. The Morgan fingerprint density at radius 2 is 1.50 bits per heavy atom. The summed E-state index contributed by atoms with van der Waals surface area (Å²) >= 11 is 0. The zero-order valence-electron chi connectivity index (χ0n) is 11.6. The summed E-state index contributed by atoms with van der Waals surface area (Å²) in [5.41, 5.74) is 2.10. The Labute approximate surface area is 128 Å². The molecule has 0 unspecified atom stereocenters. The van der Waals surface area contributed by atoms with E-state index in [2.05, 4.69) is 5.32 Å². The second-order valence-electron chi connectivity index (χ2n) is 3.63. The molecule has 9 heteroatoms. The van der Waals surface area contributed by atoms with Gasteiger partial charge in [0.2, 0.25) is 5.39 Å². The van der Waals surface area contributed by atoms with Crippen molar-refractivity contribution < 1.29 is 27.7 Å². The summed E-state index contributed by atoms with van der Waals surface area (Å²) in [7, 11) is -3.50. The third-order valence-electron chi connectivity index (χ3n) is 2.13. The summed E-state index contributed by atoms with van der Waals surface area (Å²) in [4.78, 5) is 0. The molecule has 0 fully saturated rings. The molecule has 2 aromatic carbocycles. The van der Waals surface area contributed by atoms with Crippen LogP contribution in [0.15, 0.2) is 54.6 Å². The fourth-order valence-electron chi connectivity index (χ4n) is 1.39. The van der Waals surface area contributed by atoms with Gasteiger partial charge in [-0.2, -0.15) is 0 Å². The number of diazo groups is 1. The molecule has 2 rings (SSSR count). The highest BCUT2D eigenvalue weighted by atomic mass is 32.3. The van der Waals surface area contributed by atoms with Crippen molar-refractivity contribution in [3.8, 4) is 5.75 Å². The van der Waals surface area contributed by atoms with Gasteiger partial charge in [0, 0.05) is 27.8 Å². The molecule has 0 radical (unpaired) electrons. The van der Waals surface area contributed by atoms with Crippen molar-refractivity contribution in [3.05, 3.63) is 54.6 Å². The number of benzene rings is 2. The van der Waals surface area contributed by atoms with Crippen LogP contribution < -0.4 is 15.4 Å². The molecule has 0 saturated heterocycles. The van der Waals surface area contributed by atoms with Crippen LogP contribution >= 0.6 is 0 Å². The summed E-state index contributed by atoms with van der Waals surface area (Å²) in [6, 6.07) is 17.9. The molecule has 2 aromatic rings. The third kappa shape index (κ3) is 10.2. The van der Waals surface area contributed by atoms with Gasteiger partial charge >= 0.3 is 0 Å². The molecule has 0 atom stereocenters. The number of hydrogen-bond donors (Lipinski definition) is 2. The van der Waals surface area contributed by atoms with Gasteiger partial charge in [-0.25, -0.2) is 0 Å². The van der Waals surface area contributed by atoms with E-state index in [1.807, 2.05) is 54.6 Å². The quantitative estimate of drug-likeness (QED) is 0.470. The first-order valence-corrected chi connectivity index (χ1v) is 7.07. The molecule has 0 bridgehead atoms. The SMILES string of the molecule is COc1cccc(Nc2ccccc2)c1.N#[NH+].O=S(=O)([O-])[O-]. The van der Waals surface area contributed by atoms with Crippen LogP contribution in [0.5, 0.6) is 5.75 Å². The van der Waals surface area contributed by atoms with Crippen molar-refractivity contribution >= 4 is 21.8 Å². The van der Waals surface area contributed by atoms with Crippen molar-refractivity contribution in [2.45, 2.75) is 0 Å². The Morgan fingerprint density at radius 3 is 2.00 bits per heavy atom. The highest BCUT2D eigenvalue weighted by Crippen LogP contribution is 2.20. The van der Waals surface area contributed by atoms with E-state index in [1.165, 1.54) is 0 Å². The minimum atomic E-state index is -5.17. The predicted octanol–water partition coefficient (Wildman–Crippen LogP) is 0.380. The van der Waals surface area contributed by atoms with E-state index < -0.39 is 10.4 Å². The van der Waals surface area contributed by atoms with Crippen LogP contribution in [0.4, 0.5) is 11.4 Å². The maximum Gasteiger partial charge on any atom is 0.212 e. The zero-order chi connectivity index (χ0) is 17.0. The molecular formula is C13H14N3O5S-. The number of anilines is 2.